The van der Waals surface area contributed by atoms with Gasteiger partial charge in [0.1, 0.15) is 0 Å². The lowest BCUT2D eigenvalue weighted by Crippen LogP contribution is -2.54. The van der Waals surface area contributed by atoms with Crippen molar-refractivity contribution >= 4 is 23.6 Å². The van der Waals surface area contributed by atoms with Crippen molar-refractivity contribution in [1.82, 2.24) is 14.8 Å². The van der Waals surface area contributed by atoms with Gasteiger partial charge in [-0.3, -0.25) is 14.7 Å². The van der Waals surface area contributed by atoms with Crippen LogP contribution in [-0.4, -0.2) is 59.1 Å². The van der Waals surface area contributed by atoms with Gasteiger partial charge in [-0.25, -0.2) is 0 Å². The Labute approximate surface area is 170 Å². The maximum atomic E-state index is 12.7. The highest BCUT2D eigenvalue weighted by atomic mass is 35.5. The van der Waals surface area contributed by atoms with Crippen LogP contribution in [0.4, 0.5) is 0 Å². The number of likely N-dealkylation sites (tertiary alicyclic amines) is 1. The number of carbonyl (C=O) groups excluding carboxylic acids is 1. The Hall–Kier alpha value is -2.21. The smallest absolute Gasteiger partial charge is 0.246 e. The number of nitrogens with zero attached hydrogens (tertiary/aromatic N) is 3. The van der Waals surface area contributed by atoms with E-state index in [-0.39, 0.29) is 11.5 Å². The van der Waals surface area contributed by atoms with E-state index < -0.39 is 0 Å². The third-order valence-corrected chi connectivity index (χ3v) is 5.76. The molecular weight excluding hydrogens is 374 g/mol. The largest absolute Gasteiger partial charge is 0.370 e. The number of benzene rings is 1. The second-order valence-electron chi connectivity index (χ2n) is 7.46. The first kappa shape index (κ1) is 19.1. The summed E-state index contributed by atoms with van der Waals surface area (Å²) in [5.41, 5.74) is 1.82. The molecular formula is C22H24ClN3O2. The van der Waals surface area contributed by atoms with Gasteiger partial charge in [0, 0.05) is 44.6 Å². The van der Waals surface area contributed by atoms with E-state index in [1.165, 1.54) is 0 Å². The monoisotopic (exact) mass is 397 g/mol. The molecule has 0 radical (unpaired) electrons. The Balaban J connectivity index is 1.37. The number of hydrogen-bond acceptors (Lipinski definition) is 4. The van der Waals surface area contributed by atoms with E-state index in [0.717, 1.165) is 37.2 Å². The lowest BCUT2D eigenvalue weighted by Gasteiger charge is -2.40. The fraction of sp³-hybridized carbons (Fsp3) is 0.364. The molecule has 3 heterocycles. The van der Waals surface area contributed by atoms with E-state index in [0.29, 0.717) is 24.7 Å². The van der Waals surface area contributed by atoms with Gasteiger partial charge in [-0.1, -0.05) is 41.9 Å². The summed E-state index contributed by atoms with van der Waals surface area (Å²) in [5.74, 6) is 0.0437. The third kappa shape index (κ3) is 4.43. The van der Waals surface area contributed by atoms with Gasteiger partial charge in [-0.2, -0.15) is 0 Å². The maximum Gasteiger partial charge on any atom is 0.246 e. The molecule has 1 amide bonds. The molecule has 1 aromatic heterocycles. The first-order chi connectivity index (χ1) is 13.6. The summed E-state index contributed by atoms with van der Waals surface area (Å²) in [6.45, 7) is 4.35. The zero-order valence-corrected chi connectivity index (χ0v) is 16.5. The number of halogens is 1. The summed E-state index contributed by atoms with van der Waals surface area (Å²) in [7, 11) is 0. The van der Waals surface area contributed by atoms with Crippen LogP contribution >= 0.6 is 11.6 Å². The molecule has 2 fully saturated rings. The molecule has 2 aliphatic rings. The van der Waals surface area contributed by atoms with Gasteiger partial charge in [-0.05, 0) is 29.7 Å². The predicted octanol–water partition coefficient (Wildman–Crippen LogP) is 3.25. The van der Waals surface area contributed by atoms with E-state index in [1.54, 1.807) is 18.5 Å². The Morgan fingerprint density at radius 1 is 1.21 bits per heavy atom. The van der Waals surface area contributed by atoms with Crippen LogP contribution < -0.4 is 0 Å². The highest BCUT2D eigenvalue weighted by molar-refractivity contribution is 6.31. The van der Waals surface area contributed by atoms with Crippen molar-refractivity contribution in [3.8, 4) is 0 Å². The van der Waals surface area contributed by atoms with Crippen LogP contribution in [0.1, 0.15) is 17.5 Å². The lowest BCUT2D eigenvalue weighted by molar-refractivity contribution is -0.144. The molecule has 2 saturated heterocycles. The molecule has 0 aliphatic carbocycles. The fourth-order valence-electron chi connectivity index (χ4n) is 3.95. The number of morpholine rings is 1. The molecule has 1 spiro atoms. The molecule has 4 rings (SSSR count). The molecule has 0 saturated carbocycles. The van der Waals surface area contributed by atoms with Crippen molar-refractivity contribution in [2.24, 2.45) is 0 Å². The molecule has 2 aliphatic heterocycles. The minimum absolute atomic E-state index is 0.0437. The number of aromatic nitrogens is 1. The summed E-state index contributed by atoms with van der Waals surface area (Å²) in [5, 5.41) is 0.691. The Bertz CT molecular complexity index is 858. The van der Waals surface area contributed by atoms with E-state index in [2.05, 4.69) is 9.88 Å². The molecule has 5 nitrogen and oxygen atoms in total. The molecule has 28 heavy (non-hydrogen) atoms. The minimum Gasteiger partial charge on any atom is -0.370 e. The van der Waals surface area contributed by atoms with Crippen LogP contribution in [0.5, 0.6) is 0 Å². The van der Waals surface area contributed by atoms with Gasteiger partial charge in [0.05, 0.1) is 23.8 Å². The van der Waals surface area contributed by atoms with Crippen molar-refractivity contribution in [2.75, 3.05) is 32.8 Å². The second-order valence-corrected chi connectivity index (χ2v) is 7.87. The van der Waals surface area contributed by atoms with Gasteiger partial charge in [0.2, 0.25) is 5.91 Å². The second kappa shape index (κ2) is 8.43. The Kier molecular flexibility index (Phi) is 5.76. The highest BCUT2D eigenvalue weighted by Gasteiger charge is 2.43. The van der Waals surface area contributed by atoms with E-state index in [1.807, 2.05) is 47.4 Å². The standard InChI is InChI=1S/C22H24ClN3O2/c23-20-14-24-10-8-19(20)15-25-11-9-22(16-25)17-26(12-13-28-22)21(27)7-6-18-4-2-1-3-5-18/h1-8,10,14H,9,11-13,15-17H2/b7-6+. The molecule has 2 aromatic rings. The lowest BCUT2D eigenvalue weighted by atomic mass is 10.0. The number of rotatable bonds is 4. The number of carbonyl (C=O) groups is 1. The van der Waals surface area contributed by atoms with E-state index in [4.69, 9.17) is 16.3 Å². The molecule has 1 unspecified atom stereocenters. The zero-order valence-electron chi connectivity index (χ0n) is 15.8. The summed E-state index contributed by atoms with van der Waals surface area (Å²) >= 11 is 6.25. The maximum absolute atomic E-state index is 12.7. The van der Waals surface area contributed by atoms with Gasteiger partial charge < -0.3 is 9.64 Å². The molecule has 0 N–H and O–H groups in total. The Morgan fingerprint density at radius 2 is 2.07 bits per heavy atom. The fourth-order valence-corrected chi connectivity index (χ4v) is 4.13. The first-order valence-corrected chi connectivity index (χ1v) is 9.98. The SMILES string of the molecule is O=C(/C=C/c1ccccc1)N1CCOC2(CCN(Cc3ccncc3Cl)C2)C1. The molecule has 1 atom stereocenters. The van der Waals surface area contributed by atoms with Crippen LogP contribution in [0.25, 0.3) is 6.08 Å². The molecule has 6 heteroatoms. The van der Waals surface area contributed by atoms with Crippen molar-refractivity contribution in [2.45, 2.75) is 18.6 Å². The summed E-state index contributed by atoms with van der Waals surface area (Å²) in [6.07, 6.45) is 7.90. The topological polar surface area (TPSA) is 45.7 Å². The highest BCUT2D eigenvalue weighted by Crippen LogP contribution is 2.31. The molecule has 1 aromatic carbocycles. The van der Waals surface area contributed by atoms with E-state index >= 15 is 0 Å². The molecule has 146 valence electrons. The third-order valence-electron chi connectivity index (χ3n) is 5.42. The summed E-state index contributed by atoms with van der Waals surface area (Å²) in [6, 6.07) is 11.8. The quantitative estimate of drug-likeness (QED) is 0.743. The predicted molar refractivity (Wildman–Crippen MR) is 110 cm³/mol. The van der Waals surface area contributed by atoms with Crippen LogP contribution in [-0.2, 0) is 16.1 Å². The van der Waals surface area contributed by atoms with Crippen molar-refractivity contribution in [1.29, 1.82) is 0 Å². The number of pyridine rings is 1. The number of amides is 1. The van der Waals surface area contributed by atoms with Gasteiger partial charge >= 0.3 is 0 Å². The first-order valence-electron chi connectivity index (χ1n) is 9.60. The average molecular weight is 398 g/mol. The average Bonchev–Trinajstić information content (AvgIpc) is 3.10. The summed E-state index contributed by atoms with van der Waals surface area (Å²) < 4.78 is 6.16. The van der Waals surface area contributed by atoms with Crippen LogP contribution in [0, 0.1) is 0 Å². The van der Waals surface area contributed by atoms with Gasteiger partial charge in [0.15, 0.2) is 0 Å². The van der Waals surface area contributed by atoms with Crippen molar-refractivity contribution in [3.63, 3.8) is 0 Å². The minimum atomic E-state index is -0.284. The van der Waals surface area contributed by atoms with Crippen molar-refractivity contribution < 1.29 is 9.53 Å². The van der Waals surface area contributed by atoms with E-state index in [9.17, 15) is 4.79 Å². The van der Waals surface area contributed by atoms with Gasteiger partial charge in [0.25, 0.3) is 0 Å². The normalized spacial score (nSPS) is 23.0. The van der Waals surface area contributed by atoms with Crippen LogP contribution in [0.15, 0.2) is 54.9 Å². The summed E-state index contributed by atoms with van der Waals surface area (Å²) in [4.78, 5) is 21.0. The molecule has 0 bridgehead atoms. The van der Waals surface area contributed by atoms with Crippen LogP contribution in [0.3, 0.4) is 0 Å². The number of ether oxygens (including phenoxy) is 1. The van der Waals surface area contributed by atoms with Crippen LogP contribution in [0.2, 0.25) is 5.02 Å². The zero-order chi connectivity index (χ0) is 19.4. The Morgan fingerprint density at radius 3 is 2.89 bits per heavy atom. The number of hydrogen-bond donors (Lipinski definition) is 0. The van der Waals surface area contributed by atoms with Gasteiger partial charge in [-0.15, -0.1) is 0 Å². The van der Waals surface area contributed by atoms with Crippen molar-refractivity contribution in [3.05, 3.63) is 71.0 Å².